The molecular formula is C18H20Cl2N4O2S. The molecule has 6 nitrogen and oxygen atoms in total. The number of benzene rings is 1. The Balaban J connectivity index is 1.57. The van der Waals surface area contributed by atoms with Crippen molar-refractivity contribution in [2.75, 3.05) is 25.0 Å². The van der Waals surface area contributed by atoms with Gasteiger partial charge in [0.05, 0.1) is 10.6 Å². The number of hydrogen-bond donors (Lipinski definition) is 2. The van der Waals surface area contributed by atoms with E-state index >= 15 is 0 Å². The molecule has 1 fully saturated rings. The van der Waals surface area contributed by atoms with Crippen LogP contribution in [0.15, 0.2) is 23.6 Å². The van der Waals surface area contributed by atoms with E-state index in [0.717, 1.165) is 25.9 Å². The molecule has 9 heteroatoms. The molecule has 2 N–H and O–H groups in total. The quantitative estimate of drug-likeness (QED) is 0.733. The van der Waals surface area contributed by atoms with Gasteiger partial charge in [-0.05, 0) is 44.1 Å². The summed E-state index contributed by atoms with van der Waals surface area (Å²) in [5.74, 6) is -0.637. The number of carbonyl (C=O) groups excluding carboxylic acids is 2. The van der Waals surface area contributed by atoms with Crippen LogP contribution in [0.1, 0.15) is 40.6 Å². The third-order valence-corrected chi connectivity index (χ3v) is 5.84. The maximum absolute atomic E-state index is 12.3. The van der Waals surface area contributed by atoms with E-state index in [1.54, 1.807) is 17.5 Å². The summed E-state index contributed by atoms with van der Waals surface area (Å²) in [6.07, 6.45) is 2.25. The molecule has 2 heterocycles. The van der Waals surface area contributed by atoms with E-state index in [4.69, 9.17) is 23.2 Å². The molecule has 0 saturated carbocycles. The number of halogens is 2. The SMILES string of the molecule is CCN1CCC[C@@H]1CNC(=O)c1csc(NC(=O)c2ccc(Cl)cc2Cl)n1. The molecule has 1 atom stereocenters. The van der Waals surface area contributed by atoms with Crippen LogP contribution in [-0.4, -0.2) is 47.4 Å². The number of likely N-dealkylation sites (N-methyl/N-ethyl adjacent to an activating group) is 1. The summed E-state index contributed by atoms with van der Waals surface area (Å²) in [4.78, 5) is 31.2. The third-order valence-electron chi connectivity index (χ3n) is 4.54. The van der Waals surface area contributed by atoms with E-state index in [1.165, 1.54) is 17.4 Å². The van der Waals surface area contributed by atoms with Crippen LogP contribution in [0.4, 0.5) is 5.13 Å². The molecule has 0 radical (unpaired) electrons. The van der Waals surface area contributed by atoms with Gasteiger partial charge in [0.1, 0.15) is 5.69 Å². The molecule has 1 aliphatic rings. The van der Waals surface area contributed by atoms with Crippen LogP contribution in [0.25, 0.3) is 0 Å². The molecule has 1 aromatic heterocycles. The highest BCUT2D eigenvalue weighted by atomic mass is 35.5. The van der Waals surface area contributed by atoms with Gasteiger partial charge >= 0.3 is 0 Å². The van der Waals surface area contributed by atoms with Crippen molar-refractivity contribution >= 4 is 51.5 Å². The smallest absolute Gasteiger partial charge is 0.270 e. The molecule has 0 bridgehead atoms. The lowest BCUT2D eigenvalue weighted by atomic mass is 10.2. The second-order valence-corrected chi connectivity index (χ2v) is 7.95. The molecule has 1 aromatic carbocycles. The number of hydrogen-bond acceptors (Lipinski definition) is 5. The van der Waals surface area contributed by atoms with Gasteiger partial charge in [-0.15, -0.1) is 11.3 Å². The van der Waals surface area contributed by atoms with Crippen molar-refractivity contribution in [3.63, 3.8) is 0 Å². The number of thiazole rings is 1. The normalized spacial score (nSPS) is 17.1. The number of aromatic nitrogens is 1. The van der Waals surface area contributed by atoms with Gasteiger partial charge in [-0.3, -0.25) is 19.8 Å². The van der Waals surface area contributed by atoms with Crippen molar-refractivity contribution < 1.29 is 9.59 Å². The van der Waals surface area contributed by atoms with Gasteiger partial charge in [0, 0.05) is 23.0 Å². The number of anilines is 1. The number of rotatable bonds is 6. The lowest BCUT2D eigenvalue weighted by Crippen LogP contribution is -2.40. The van der Waals surface area contributed by atoms with Crippen molar-refractivity contribution in [1.29, 1.82) is 0 Å². The molecule has 2 amide bonds. The van der Waals surface area contributed by atoms with Gasteiger partial charge in [-0.2, -0.15) is 0 Å². The number of amides is 2. The Morgan fingerprint density at radius 3 is 2.89 bits per heavy atom. The van der Waals surface area contributed by atoms with Crippen LogP contribution in [0, 0.1) is 0 Å². The van der Waals surface area contributed by atoms with Crippen molar-refractivity contribution in [3.8, 4) is 0 Å². The predicted octanol–water partition coefficient (Wildman–Crippen LogP) is 3.92. The number of likely N-dealkylation sites (tertiary alicyclic amines) is 1. The molecule has 0 unspecified atom stereocenters. The van der Waals surface area contributed by atoms with E-state index in [9.17, 15) is 9.59 Å². The summed E-state index contributed by atoms with van der Waals surface area (Å²) in [6, 6.07) is 5.01. The topological polar surface area (TPSA) is 74.3 Å². The van der Waals surface area contributed by atoms with Gasteiger partial charge in [0.2, 0.25) is 0 Å². The van der Waals surface area contributed by atoms with Crippen molar-refractivity contribution in [2.24, 2.45) is 0 Å². The highest BCUT2D eigenvalue weighted by Gasteiger charge is 2.24. The molecule has 0 aliphatic carbocycles. The Morgan fingerprint density at radius 2 is 2.15 bits per heavy atom. The zero-order chi connectivity index (χ0) is 19.4. The maximum atomic E-state index is 12.3. The molecule has 1 aliphatic heterocycles. The minimum absolute atomic E-state index is 0.237. The first-order chi connectivity index (χ1) is 13.0. The van der Waals surface area contributed by atoms with E-state index < -0.39 is 5.91 Å². The third kappa shape index (κ3) is 4.99. The van der Waals surface area contributed by atoms with Crippen LogP contribution in [0.5, 0.6) is 0 Å². The molecule has 1 saturated heterocycles. The summed E-state index contributed by atoms with van der Waals surface area (Å²) < 4.78 is 0. The van der Waals surface area contributed by atoms with Gasteiger partial charge in [0.25, 0.3) is 11.8 Å². The lowest BCUT2D eigenvalue weighted by Gasteiger charge is -2.22. The summed E-state index contributed by atoms with van der Waals surface area (Å²) in [6.45, 7) is 4.80. The van der Waals surface area contributed by atoms with E-state index in [1.807, 2.05) is 0 Å². The second kappa shape index (κ2) is 9.01. The fraction of sp³-hybridized carbons (Fsp3) is 0.389. The minimum Gasteiger partial charge on any atom is -0.349 e. The van der Waals surface area contributed by atoms with Gasteiger partial charge in [-0.25, -0.2) is 4.98 Å². The van der Waals surface area contributed by atoms with E-state index in [0.29, 0.717) is 34.0 Å². The van der Waals surface area contributed by atoms with Crippen LogP contribution in [-0.2, 0) is 0 Å². The molecular weight excluding hydrogens is 407 g/mol. The first-order valence-corrected chi connectivity index (χ1v) is 10.4. The Labute approximate surface area is 171 Å². The number of nitrogens with zero attached hydrogens (tertiary/aromatic N) is 2. The standard InChI is InChI=1S/C18H20Cl2N4O2S/c1-2-24-7-3-4-12(24)9-21-17(26)15-10-27-18(22-15)23-16(25)13-6-5-11(19)8-14(13)20/h5-6,8,10,12H,2-4,7,9H2,1H3,(H,21,26)(H,22,23,25)/t12-/m1/s1. The van der Waals surface area contributed by atoms with Crippen LogP contribution >= 0.6 is 34.5 Å². The fourth-order valence-corrected chi connectivity index (χ4v) is 4.30. The monoisotopic (exact) mass is 426 g/mol. The van der Waals surface area contributed by atoms with Crippen LogP contribution in [0.3, 0.4) is 0 Å². The molecule has 144 valence electrons. The van der Waals surface area contributed by atoms with Crippen molar-refractivity contribution in [2.45, 2.75) is 25.8 Å². The first-order valence-electron chi connectivity index (χ1n) is 8.72. The lowest BCUT2D eigenvalue weighted by molar-refractivity contribution is 0.0936. The zero-order valence-electron chi connectivity index (χ0n) is 14.8. The summed E-state index contributed by atoms with van der Waals surface area (Å²) >= 11 is 13.1. The molecule has 3 rings (SSSR count). The molecule has 0 spiro atoms. The van der Waals surface area contributed by atoms with Gasteiger partial charge in [0.15, 0.2) is 5.13 Å². The number of nitrogens with one attached hydrogen (secondary N) is 2. The minimum atomic E-state index is -0.400. The van der Waals surface area contributed by atoms with Gasteiger partial charge in [-0.1, -0.05) is 30.1 Å². The summed E-state index contributed by atoms with van der Waals surface area (Å²) in [7, 11) is 0. The second-order valence-electron chi connectivity index (χ2n) is 6.25. The molecule has 2 aromatic rings. The molecule has 27 heavy (non-hydrogen) atoms. The summed E-state index contributed by atoms with van der Waals surface area (Å²) in [5, 5.41) is 8.27. The predicted molar refractivity (Wildman–Crippen MR) is 109 cm³/mol. The fourth-order valence-electron chi connectivity index (χ4n) is 3.12. The summed E-state index contributed by atoms with van der Waals surface area (Å²) in [5.41, 5.74) is 0.585. The zero-order valence-corrected chi connectivity index (χ0v) is 17.1. The largest absolute Gasteiger partial charge is 0.349 e. The van der Waals surface area contributed by atoms with Crippen LogP contribution < -0.4 is 10.6 Å². The average molecular weight is 427 g/mol. The Hall–Kier alpha value is -1.67. The van der Waals surface area contributed by atoms with E-state index in [2.05, 4.69) is 27.4 Å². The van der Waals surface area contributed by atoms with Gasteiger partial charge < -0.3 is 5.32 Å². The highest BCUT2D eigenvalue weighted by Crippen LogP contribution is 2.23. The number of carbonyl (C=O) groups is 2. The van der Waals surface area contributed by atoms with E-state index in [-0.39, 0.29) is 10.9 Å². The average Bonchev–Trinajstić information content (AvgIpc) is 3.28. The Kier molecular flexibility index (Phi) is 6.70. The Morgan fingerprint density at radius 1 is 1.33 bits per heavy atom. The Bertz CT molecular complexity index is 843. The first kappa shape index (κ1) is 20.1. The maximum Gasteiger partial charge on any atom is 0.270 e. The van der Waals surface area contributed by atoms with Crippen molar-refractivity contribution in [3.05, 3.63) is 44.9 Å². The van der Waals surface area contributed by atoms with Crippen LogP contribution in [0.2, 0.25) is 10.0 Å². The van der Waals surface area contributed by atoms with Crippen molar-refractivity contribution in [1.82, 2.24) is 15.2 Å². The highest BCUT2D eigenvalue weighted by molar-refractivity contribution is 7.14.